The topological polar surface area (TPSA) is 24.4 Å². The number of alkyl halides is 1. The SMILES string of the molecule is C=NCC1CC(C)CC(Cl)N1. The lowest BCUT2D eigenvalue weighted by atomic mass is 9.94. The largest absolute Gasteiger partial charge is 0.299 e. The Morgan fingerprint density at radius 2 is 2.36 bits per heavy atom. The highest BCUT2D eigenvalue weighted by molar-refractivity contribution is 6.20. The molecule has 1 heterocycles. The predicted octanol–water partition coefficient (Wildman–Crippen LogP) is 1.64. The fourth-order valence-electron chi connectivity index (χ4n) is 1.61. The van der Waals surface area contributed by atoms with E-state index in [4.69, 9.17) is 11.6 Å². The van der Waals surface area contributed by atoms with Crippen LogP contribution in [0, 0.1) is 5.92 Å². The molecule has 1 fully saturated rings. The minimum atomic E-state index is 0.130. The second-order valence-electron chi connectivity index (χ2n) is 3.31. The van der Waals surface area contributed by atoms with Gasteiger partial charge in [0.2, 0.25) is 0 Å². The maximum absolute atomic E-state index is 5.97. The van der Waals surface area contributed by atoms with E-state index < -0.39 is 0 Å². The molecule has 0 aromatic rings. The molecule has 0 amide bonds. The molecule has 0 saturated carbocycles. The number of rotatable bonds is 2. The third-order valence-corrected chi connectivity index (χ3v) is 2.37. The normalized spacial score (nSPS) is 38.5. The highest BCUT2D eigenvalue weighted by Crippen LogP contribution is 2.21. The van der Waals surface area contributed by atoms with Crippen LogP contribution in [0.25, 0.3) is 0 Å². The summed E-state index contributed by atoms with van der Waals surface area (Å²) in [6.07, 6.45) is 2.23. The number of aliphatic imine (C=N–C) groups is 1. The van der Waals surface area contributed by atoms with Crippen molar-refractivity contribution < 1.29 is 0 Å². The Balaban J connectivity index is 2.36. The number of nitrogens with zero attached hydrogens (tertiary/aromatic N) is 1. The van der Waals surface area contributed by atoms with Gasteiger partial charge in [-0.15, -0.1) is 11.6 Å². The smallest absolute Gasteiger partial charge is 0.0830 e. The summed E-state index contributed by atoms with van der Waals surface area (Å²) in [6, 6.07) is 0.443. The Kier molecular flexibility index (Phi) is 3.34. The first-order valence-electron chi connectivity index (χ1n) is 4.05. The van der Waals surface area contributed by atoms with Crippen LogP contribution in [0.3, 0.4) is 0 Å². The lowest BCUT2D eigenvalue weighted by Gasteiger charge is -2.30. The maximum atomic E-state index is 5.97. The average Bonchev–Trinajstić information content (AvgIpc) is 1.85. The number of hydrogen-bond donors (Lipinski definition) is 1. The fourth-order valence-corrected chi connectivity index (χ4v) is 2.09. The molecule has 1 saturated heterocycles. The molecule has 64 valence electrons. The summed E-state index contributed by atoms with van der Waals surface area (Å²) >= 11 is 5.97. The molecule has 3 heteroatoms. The van der Waals surface area contributed by atoms with Crippen molar-refractivity contribution in [2.75, 3.05) is 6.54 Å². The van der Waals surface area contributed by atoms with Crippen molar-refractivity contribution in [1.82, 2.24) is 5.32 Å². The van der Waals surface area contributed by atoms with Crippen LogP contribution in [0.2, 0.25) is 0 Å². The van der Waals surface area contributed by atoms with Crippen LogP contribution >= 0.6 is 11.6 Å². The Labute approximate surface area is 73.0 Å². The quantitative estimate of drug-likeness (QED) is 0.384. The maximum Gasteiger partial charge on any atom is 0.0830 e. The average molecular weight is 175 g/mol. The van der Waals surface area contributed by atoms with Crippen LogP contribution in [-0.4, -0.2) is 24.8 Å². The molecule has 1 N–H and O–H groups in total. The molecule has 0 aromatic heterocycles. The Hall–Kier alpha value is -0.0800. The Morgan fingerprint density at radius 3 is 2.91 bits per heavy atom. The van der Waals surface area contributed by atoms with E-state index in [1.54, 1.807) is 0 Å². The van der Waals surface area contributed by atoms with Crippen molar-refractivity contribution in [1.29, 1.82) is 0 Å². The third kappa shape index (κ3) is 2.80. The van der Waals surface area contributed by atoms with Crippen LogP contribution in [0.15, 0.2) is 4.99 Å². The van der Waals surface area contributed by atoms with Crippen LogP contribution in [0.5, 0.6) is 0 Å². The monoisotopic (exact) mass is 174 g/mol. The molecule has 0 bridgehead atoms. The number of hydrogen-bond acceptors (Lipinski definition) is 2. The molecule has 3 atom stereocenters. The summed E-state index contributed by atoms with van der Waals surface area (Å²) in [5, 5.41) is 3.28. The molecular formula is C8H15ClN2. The molecule has 1 aliphatic rings. The lowest BCUT2D eigenvalue weighted by Crippen LogP contribution is -2.43. The van der Waals surface area contributed by atoms with Crippen molar-refractivity contribution in [2.24, 2.45) is 10.9 Å². The van der Waals surface area contributed by atoms with Crippen molar-refractivity contribution in [3.8, 4) is 0 Å². The van der Waals surface area contributed by atoms with E-state index in [1.165, 1.54) is 6.42 Å². The molecule has 1 rings (SSSR count). The van der Waals surface area contributed by atoms with Gasteiger partial charge in [-0.25, -0.2) is 0 Å². The van der Waals surface area contributed by atoms with Gasteiger partial charge in [-0.1, -0.05) is 6.92 Å². The van der Waals surface area contributed by atoms with Gasteiger partial charge in [0.15, 0.2) is 0 Å². The van der Waals surface area contributed by atoms with Crippen molar-refractivity contribution in [2.45, 2.75) is 31.3 Å². The minimum Gasteiger partial charge on any atom is -0.299 e. The molecule has 3 unspecified atom stereocenters. The first-order valence-corrected chi connectivity index (χ1v) is 4.48. The van der Waals surface area contributed by atoms with Crippen LogP contribution in [-0.2, 0) is 0 Å². The van der Waals surface area contributed by atoms with Crippen LogP contribution in [0.1, 0.15) is 19.8 Å². The van der Waals surface area contributed by atoms with Gasteiger partial charge in [0.25, 0.3) is 0 Å². The molecule has 11 heavy (non-hydrogen) atoms. The zero-order valence-corrected chi connectivity index (χ0v) is 7.64. The molecular weight excluding hydrogens is 160 g/mol. The summed E-state index contributed by atoms with van der Waals surface area (Å²) < 4.78 is 0. The molecule has 0 radical (unpaired) electrons. The van der Waals surface area contributed by atoms with E-state index in [-0.39, 0.29) is 5.50 Å². The standard InChI is InChI=1S/C8H15ClN2/c1-6-3-7(5-10-2)11-8(9)4-6/h6-8,11H,2-5H2,1H3. The van der Waals surface area contributed by atoms with E-state index in [9.17, 15) is 0 Å². The van der Waals surface area contributed by atoms with Crippen LogP contribution in [0.4, 0.5) is 0 Å². The van der Waals surface area contributed by atoms with Gasteiger partial charge in [0.1, 0.15) is 0 Å². The molecule has 0 aromatic carbocycles. The van der Waals surface area contributed by atoms with Gasteiger partial charge in [-0.3, -0.25) is 10.3 Å². The zero-order chi connectivity index (χ0) is 8.27. The van der Waals surface area contributed by atoms with Crippen LogP contribution < -0.4 is 5.32 Å². The van der Waals surface area contributed by atoms with Gasteiger partial charge >= 0.3 is 0 Å². The highest BCUT2D eigenvalue weighted by Gasteiger charge is 2.23. The third-order valence-electron chi connectivity index (χ3n) is 2.06. The van der Waals surface area contributed by atoms with E-state index in [0.29, 0.717) is 12.0 Å². The van der Waals surface area contributed by atoms with Crippen molar-refractivity contribution >= 4 is 18.3 Å². The number of nitrogens with one attached hydrogen (secondary N) is 1. The van der Waals surface area contributed by atoms with Crippen molar-refractivity contribution in [3.05, 3.63) is 0 Å². The lowest BCUT2D eigenvalue weighted by molar-refractivity contribution is 0.305. The fraction of sp³-hybridized carbons (Fsp3) is 0.875. The summed E-state index contributed by atoms with van der Waals surface area (Å²) in [7, 11) is 0. The molecule has 0 aliphatic carbocycles. The summed E-state index contributed by atoms with van der Waals surface area (Å²) in [6.45, 7) is 6.49. The van der Waals surface area contributed by atoms with E-state index in [0.717, 1.165) is 13.0 Å². The first-order chi connectivity index (χ1) is 5.22. The Bertz CT molecular complexity index is 128. The molecule has 1 aliphatic heterocycles. The number of piperidine rings is 1. The van der Waals surface area contributed by atoms with Gasteiger partial charge in [-0.2, -0.15) is 0 Å². The first kappa shape index (κ1) is 9.01. The zero-order valence-electron chi connectivity index (χ0n) is 6.89. The van der Waals surface area contributed by atoms with Crippen molar-refractivity contribution in [3.63, 3.8) is 0 Å². The predicted molar refractivity (Wildman–Crippen MR) is 49.4 cm³/mol. The van der Waals surface area contributed by atoms with Gasteiger partial charge in [-0.05, 0) is 25.5 Å². The summed E-state index contributed by atoms with van der Waals surface area (Å²) in [5.41, 5.74) is 0.130. The second-order valence-corrected chi connectivity index (χ2v) is 3.84. The number of halogens is 1. The van der Waals surface area contributed by atoms with E-state index >= 15 is 0 Å². The summed E-state index contributed by atoms with van der Waals surface area (Å²) in [5.74, 6) is 0.713. The molecule has 0 spiro atoms. The Morgan fingerprint density at radius 1 is 1.64 bits per heavy atom. The van der Waals surface area contributed by atoms with Gasteiger partial charge in [0, 0.05) is 6.04 Å². The second kappa shape index (κ2) is 4.07. The molecule has 2 nitrogen and oxygen atoms in total. The van der Waals surface area contributed by atoms with E-state index in [2.05, 4.69) is 24.0 Å². The summed E-state index contributed by atoms with van der Waals surface area (Å²) in [4.78, 5) is 3.86. The van der Waals surface area contributed by atoms with Gasteiger partial charge < -0.3 is 0 Å². The van der Waals surface area contributed by atoms with Gasteiger partial charge in [0.05, 0.1) is 12.0 Å². The van der Waals surface area contributed by atoms with E-state index in [1.807, 2.05) is 0 Å². The highest BCUT2D eigenvalue weighted by atomic mass is 35.5. The minimum absolute atomic E-state index is 0.130.